The molecule has 0 atom stereocenters. The van der Waals surface area contributed by atoms with Gasteiger partial charge in [0.2, 0.25) is 5.91 Å². The van der Waals surface area contributed by atoms with Crippen LogP contribution in [0.15, 0.2) is 24.3 Å². The summed E-state index contributed by atoms with van der Waals surface area (Å²) in [5.41, 5.74) is 5.97. The summed E-state index contributed by atoms with van der Waals surface area (Å²) >= 11 is 11.1. The van der Waals surface area contributed by atoms with E-state index >= 15 is 0 Å². The van der Waals surface area contributed by atoms with Gasteiger partial charge in [-0.05, 0) is 30.4 Å². The first-order chi connectivity index (χ1) is 8.95. The zero-order valence-electron chi connectivity index (χ0n) is 10.8. The molecule has 1 aliphatic rings. The Morgan fingerprint density at radius 1 is 1.53 bits per heavy atom. The third-order valence-electron chi connectivity index (χ3n) is 3.70. The van der Waals surface area contributed by atoms with Crippen LogP contribution in [0.5, 0.6) is 0 Å². The molecule has 2 rings (SSSR count). The van der Waals surface area contributed by atoms with E-state index in [-0.39, 0.29) is 5.91 Å². The first kappa shape index (κ1) is 14.3. The maximum atomic E-state index is 12.3. The summed E-state index contributed by atoms with van der Waals surface area (Å²) < 4.78 is 0. The van der Waals surface area contributed by atoms with Gasteiger partial charge in [-0.3, -0.25) is 4.79 Å². The number of amides is 1. The van der Waals surface area contributed by atoms with Gasteiger partial charge < -0.3 is 11.1 Å². The number of benzene rings is 1. The Labute approximate surface area is 123 Å². The smallest absolute Gasteiger partial charge is 0.233 e. The van der Waals surface area contributed by atoms with Crippen molar-refractivity contribution in [2.45, 2.75) is 26.3 Å². The van der Waals surface area contributed by atoms with Crippen LogP contribution in [-0.2, 0) is 11.3 Å². The van der Waals surface area contributed by atoms with Crippen LogP contribution >= 0.6 is 23.8 Å². The summed E-state index contributed by atoms with van der Waals surface area (Å²) in [5, 5.41) is 3.54. The zero-order chi connectivity index (χ0) is 14.0. The standard InChI is InChI=1S/C14H17ClN2OS/c1-9-6-14(7-9,12(16)19)13(18)17-8-10-4-2-3-5-11(10)15/h2-5,9H,6-8H2,1H3,(H2,16,19)(H,17,18). The number of halogens is 1. The Balaban J connectivity index is 2.02. The second kappa shape index (κ2) is 5.47. The predicted molar refractivity (Wildman–Crippen MR) is 80.9 cm³/mol. The molecule has 3 nitrogen and oxygen atoms in total. The van der Waals surface area contributed by atoms with Crippen LogP contribution in [-0.4, -0.2) is 10.9 Å². The van der Waals surface area contributed by atoms with Crippen molar-refractivity contribution in [2.24, 2.45) is 17.1 Å². The van der Waals surface area contributed by atoms with Crippen LogP contribution in [0.25, 0.3) is 0 Å². The maximum absolute atomic E-state index is 12.3. The fraction of sp³-hybridized carbons (Fsp3) is 0.429. The van der Waals surface area contributed by atoms with Crippen LogP contribution in [0.1, 0.15) is 25.3 Å². The van der Waals surface area contributed by atoms with E-state index < -0.39 is 5.41 Å². The van der Waals surface area contributed by atoms with Gasteiger partial charge in [0.25, 0.3) is 0 Å². The molecule has 0 spiro atoms. The number of hydrogen-bond donors (Lipinski definition) is 2. The Kier molecular flexibility index (Phi) is 4.11. The Hall–Kier alpha value is -1.13. The lowest BCUT2D eigenvalue weighted by molar-refractivity contribution is -0.133. The van der Waals surface area contributed by atoms with E-state index in [1.54, 1.807) is 6.07 Å². The Morgan fingerprint density at radius 3 is 2.68 bits per heavy atom. The second-order valence-electron chi connectivity index (χ2n) is 5.23. The van der Waals surface area contributed by atoms with Crippen LogP contribution in [0.4, 0.5) is 0 Å². The normalized spacial score (nSPS) is 25.5. The number of carbonyl (C=O) groups excluding carboxylic acids is 1. The van der Waals surface area contributed by atoms with Crippen LogP contribution in [0, 0.1) is 11.3 Å². The summed E-state index contributed by atoms with van der Waals surface area (Å²) in [6, 6.07) is 7.44. The third kappa shape index (κ3) is 2.74. The SMILES string of the molecule is CC1CC(C(=O)NCc2ccccc2Cl)(C(N)=S)C1. The highest BCUT2D eigenvalue weighted by atomic mass is 35.5. The minimum absolute atomic E-state index is 0.0852. The van der Waals surface area contributed by atoms with E-state index in [0.29, 0.717) is 22.5 Å². The van der Waals surface area contributed by atoms with Crippen molar-refractivity contribution in [3.8, 4) is 0 Å². The summed E-state index contributed by atoms with van der Waals surface area (Å²) in [4.78, 5) is 12.6. The quantitative estimate of drug-likeness (QED) is 0.840. The molecule has 0 bridgehead atoms. The number of rotatable bonds is 4. The van der Waals surface area contributed by atoms with Crippen molar-refractivity contribution in [1.29, 1.82) is 0 Å². The van der Waals surface area contributed by atoms with Crippen molar-refractivity contribution in [3.05, 3.63) is 34.9 Å². The van der Waals surface area contributed by atoms with Gasteiger partial charge in [-0.25, -0.2) is 0 Å². The fourth-order valence-electron chi connectivity index (χ4n) is 2.61. The van der Waals surface area contributed by atoms with Gasteiger partial charge in [0.05, 0.1) is 10.4 Å². The van der Waals surface area contributed by atoms with Crippen molar-refractivity contribution in [1.82, 2.24) is 5.32 Å². The second-order valence-corrected chi connectivity index (χ2v) is 6.08. The molecule has 1 aromatic rings. The molecule has 19 heavy (non-hydrogen) atoms. The summed E-state index contributed by atoms with van der Waals surface area (Å²) in [6.45, 7) is 2.50. The average molecular weight is 297 g/mol. The van der Waals surface area contributed by atoms with Crippen molar-refractivity contribution in [2.75, 3.05) is 0 Å². The summed E-state index contributed by atoms with van der Waals surface area (Å²) in [5.74, 6) is 0.408. The summed E-state index contributed by atoms with van der Waals surface area (Å²) in [7, 11) is 0. The highest BCUT2D eigenvalue weighted by molar-refractivity contribution is 7.80. The number of carbonyl (C=O) groups is 1. The molecule has 102 valence electrons. The van der Waals surface area contributed by atoms with E-state index in [9.17, 15) is 4.79 Å². The van der Waals surface area contributed by atoms with Crippen LogP contribution in [0.2, 0.25) is 5.02 Å². The molecule has 0 saturated heterocycles. The maximum Gasteiger partial charge on any atom is 0.233 e. The molecule has 1 fully saturated rings. The molecular formula is C14H17ClN2OS. The lowest BCUT2D eigenvalue weighted by Gasteiger charge is -2.44. The Bertz CT molecular complexity index is 512. The average Bonchev–Trinajstić information content (AvgIpc) is 2.33. The van der Waals surface area contributed by atoms with Gasteiger partial charge in [0.1, 0.15) is 0 Å². The highest BCUT2D eigenvalue weighted by Gasteiger charge is 2.50. The molecule has 1 saturated carbocycles. The first-order valence-electron chi connectivity index (χ1n) is 6.27. The molecule has 1 amide bonds. The number of hydrogen-bond acceptors (Lipinski definition) is 2. The van der Waals surface area contributed by atoms with Crippen LogP contribution < -0.4 is 11.1 Å². The van der Waals surface area contributed by atoms with E-state index in [1.165, 1.54) is 0 Å². The van der Waals surface area contributed by atoms with Gasteiger partial charge in [0, 0.05) is 11.6 Å². The van der Waals surface area contributed by atoms with Crippen molar-refractivity contribution in [3.63, 3.8) is 0 Å². The lowest BCUT2D eigenvalue weighted by Crippen LogP contribution is -2.55. The van der Waals surface area contributed by atoms with E-state index in [1.807, 2.05) is 18.2 Å². The molecule has 0 unspecified atom stereocenters. The van der Waals surface area contributed by atoms with Gasteiger partial charge in [-0.2, -0.15) is 0 Å². The Morgan fingerprint density at radius 2 is 2.16 bits per heavy atom. The van der Waals surface area contributed by atoms with E-state index in [0.717, 1.165) is 18.4 Å². The van der Waals surface area contributed by atoms with Gasteiger partial charge >= 0.3 is 0 Å². The molecule has 0 aromatic heterocycles. The molecule has 1 aliphatic carbocycles. The fourth-order valence-corrected chi connectivity index (χ4v) is 3.08. The van der Waals surface area contributed by atoms with Crippen molar-refractivity contribution >= 4 is 34.7 Å². The molecule has 0 aliphatic heterocycles. The molecule has 3 N–H and O–H groups in total. The topological polar surface area (TPSA) is 55.1 Å². The predicted octanol–water partition coefficient (Wildman–Crippen LogP) is 2.66. The van der Waals surface area contributed by atoms with Gasteiger partial charge in [-0.15, -0.1) is 0 Å². The first-order valence-corrected chi connectivity index (χ1v) is 7.06. The number of thiocarbonyl (C=S) groups is 1. The number of nitrogens with one attached hydrogen (secondary N) is 1. The lowest BCUT2D eigenvalue weighted by atomic mass is 9.62. The highest BCUT2D eigenvalue weighted by Crippen LogP contribution is 2.46. The van der Waals surface area contributed by atoms with E-state index in [4.69, 9.17) is 29.6 Å². The molecule has 1 aromatic carbocycles. The van der Waals surface area contributed by atoms with Crippen LogP contribution in [0.3, 0.4) is 0 Å². The number of nitrogens with two attached hydrogens (primary N) is 1. The minimum Gasteiger partial charge on any atom is -0.392 e. The zero-order valence-corrected chi connectivity index (χ0v) is 12.4. The molecule has 5 heteroatoms. The van der Waals surface area contributed by atoms with Gasteiger partial charge in [-0.1, -0.05) is 48.9 Å². The molecule has 0 radical (unpaired) electrons. The largest absolute Gasteiger partial charge is 0.392 e. The molecule has 0 heterocycles. The third-order valence-corrected chi connectivity index (χ3v) is 4.46. The molecular weight excluding hydrogens is 280 g/mol. The van der Waals surface area contributed by atoms with Gasteiger partial charge in [0.15, 0.2) is 0 Å². The monoisotopic (exact) mass is 296 g/mol. The minimum atomic E-state index is -0.657. The van der Waals surface area contributed by atoms with E-state index in [2.05, 4.69) is 12.2 Å². The van der Waals surface area contributed by atoms with Crippen molar-refractivity contribution < 1.29 is 4.79 Å². The summed E-state index contributed by atoms with van der Waals surface area (Å²) in [6.07, 6.45) is 1.47.